The monoisotopic (exact) mass is 331 g/mol. The van der Waals surface area contributed by atoms with E-state index in [2.05, 4.69) is 10.3 Å². The number of benzene rings is 1. The van der Waals surface area contributed by atoms with Crippen LogP contribution in [0.1, 0.15) is 23.8 Å². The number of Topliss-reactive ketones (excluding diaryl/α,β-unsaturated/α-hetero) is 1. The molecule has 0 radical (unpaired) electrons. The van der Waals surface area contributed by atoms with E-state index in [1.54, 1.807) is 29.6 Å². The fourth-order valence-electron chi connectivity index (χ4n) is 2.11. The molecule has 0 unspecified atom stereocenters. The molecule has 7 nitrogen and oxygen atoms in total. The van der Waals surface area contributed by atoms with Crippen molar-refractivity contribution in [2.45, 2.75) is 19.9 Å². The summed E-state index contributed by atoms with van der Waals surface area (Å²) >= 11 is 1.18. The number of rotatable bonds is 5. The van der Waals surface area contributed by atoms with Crippen LogP contribution in [0.3, 0.4) is 0 Å². The molecule has 3 aromatic rings. The zero-order chi connectivity index (χ0) is 16.4. The standard InChI is InChI=1S/C15H13N3O4S/c1-9(19)10-8-23-14(16-10)17-13(20)6-7-18-11-4-2-3-5-12(11)22-15(18)21/h2-5,8H,6-7H2,1H3,(H,16,17,20). The average molecular weight is 331 g/mol. The van der Waals surface area contributed by atoms with E-state index in [0.29, 0.717) is 21.9 Å². The summed E-state index contributed by atoms with van der Waals surface area (Å²) < 4.78 is 6.52. The third-order valence-corrected chi connectivity index (χ3v) is 4.01. The van der Waals surface area contributed by atoms with Crippen molar-refractivity contribution in [1.29, 1.82) is 0 Å². The summed E-state index contributed by atoms with van der Waals surface area (Å²) in [7, 11) is 0. The SMILES string of the molecule is CC(=O)c1csc(NC(=O)CCn2c(=O)oc3ccccc32)n1. The molecule has 2 heterocycles. The van der Waals surface area contributed by atoms with Crippen LogP contribution in [0.2, 0.25) is 0 Å². The predicted octanol–water partition coefficient (Wildman–Crippen LogP) is 2.28. The fourth-order valence-corrected chi connectivity index (χ4v) is 2.88. The number of oxazole rings is 1. The molecule has 0 saturated heterocycles. The second kappa shape index (κ2) is 6.17. The minimum atomic E-state index is -0.493. The van der Waals surface area contributed by atoms with Crippen LogP contribution in [0, 0.1) is 0 Å². The Labute approximate surface area is 134 Å². The number of carbonyl (C=O) groups is 2. The maximum Gasteiger partial charge on any atom is 0.419 e. The fraction of sp³-hybridized carbons (Fsp3) is 0.200. The van der Waals surface area contributed by atoms with E-state index in [1.165, 1.54) is 22.8 Å². The van der Waals surface area contributed by atoms with Crippen LogP contribution in [0.4, 0.5) is 5.13 Å². The Balaban J connectivity index is 1.67. The lowest BCUT2D eigenvalue weighted by atomic mass is 10.3. The number of anilines is 1. The highest BCUT2D eigenvalue weighted by molar-refractivity contribution is 7.14. The number of amides is 1. The molecule has 2 aromatic heterocycles. The van der Waals surface area contributed by atoms with E-state index < -0.39 is 5.76 Å². The molecule has 0 spiro atoms. The molecule has 0 saturated carbocycles. The number of hydrogen-bond donors (Lipinski definition) is 1. The molecule has 0 fully saturated rings. The van der Waals surface area contributed by atoms with Crippen LogP contribution in [0.5, 0.6) is 0 Å². The van der Waals surface area contributed by atoms with E-state index in [9.17, 15) is 14.4 Å². The van der Waals surface area contributed by atoms with Crippen molar-refractivity contribution in [2.75, 3.05) is 5.32 Å². The quantitative estimate of drug-likeness (QED) is 0.724. The van der Waals surface area contributed by atoms with Gasteiger partial charge in [0.2, 0.25) is 5.91 Å². The minimum absolute atomic E-state index is 0.0957. The van der Waals surface area contributed by atoms with E-state index in [1.807, 2.05) is 0 Å². The molecule has 0 aliphatic rings. The molecular weight excluding hydrogens is 318 g/mol. The molecule has 0 aliphatic carbocycles. The smallest absolute Gasteiger partial charge is 0.408 e. The van der Waals surface area contributed by atoms with Crippen LogP contribution in [0.15, 0.2) is 38.9 Å². The molecule has 23 heavy (non-hydrogen) atoms. The Hall–Kier alpha value is -2.74. The lowest BCUT2D eigenvalue weighted by molar-refractivity contribution is -0.116. The van der Waals surface area contributed by atoms with Gasteiger partial charge in [0, 0.05) is 25.3 Å². The molecule has 8 heteroatoms. The Morgan fingerprint density at radius 3 is 2.87 bits per heavy atom. The maximum atomic E-state index is 12.0. The minimum Gasteiger partial charge on any atom is -0.408 e. The van der Waals surface area contributed by atoms with Crippen molar-refractivity contribution in [2.24, 2.45) is 0 Å². The van der Waals surface area contributed by atoms with Gasteiger partial charge in [0.05, 0.1) is 5.52 Å². The number of thiazole rings is 1. The van der Waals surface area contributed by atoms with Gasteiger partial charge in [0.25, 0.3) is 0 Å². The Kier molecular flexibility index (Phi) is 4.07. The number of nitrogens with one attached hydrogen (secondary N) is 1. The molecule has 118 valence electrons. The second-order valence-corrected chi connectivity index (χ2v) is 5.74. The summed E-state index contributed by atoms with van der Waals surface area (Å²) in [5, 5.41) is 4.57. The summed E-state index contributed by atoms with van der Waals surface area (Å²) in [6.45, 7) is 1.61. The topological polar surface area (TPSA) is 94.2 Å². The zero-order valence-corrected chi connectivity index (χ0v) is 13.1. The zero-order valence-electron chi connectivity index (χ0n) is 12.2. The van der Waals surface area contributed by atoms with E-state index in [0.717, 1.165) is 0 Å². The van der Waals surface area contributed by atoms with Gasteiger partial charge in [-0.15, -0.1) is 11.3 Å². The van der Waals surface area contributed by atoms with Crippen LogP contribution >= 0.6 is 11.3 Å². The van der Waals surface area contributed by atoms with Crippen LogP contribution in [-0.2, 0) is 11.3 Å². The number of aromatic nitrogens is 2. The van der Waals surface area contributed by atoms with E-state index >= 15 is 0 Å². The van der Waals surface area contributed by atoms with Gasteiger partial charge in [-0.25, -0.2) is 9.78 Å². The maximum absolute atomic E-state index is 12.0. The Bertz CT molecular complexity index is 937. The van der Waals surface area contributed by atoms with Gasteiger partial charge in [-0.1, -0.05) is 12.1 Å². The van der Waals surface area contributed by atoms with E-state index in [-0.39, 0.29) is 24.7 Å². The first-order chi connectivity index (χ1) is 11.0. The number of fused-ring (bicyclic) bond motifs is 1. The van der Waals surface area contributed by atoms with Crippen molar-refractivity contribution >= 4 is 39.3 Å². The summed E-state index contributed by atoms with van der Waals surface area (Å²) in [6.07, 6.45) is 0.0957. The summed E-state index contributed by atoms with van der Waals surface area (Å²) in [4.78, 5) is 38.9. The van der Waals surface area contributed by atoms with Crippen LogP contribution in [0.25, 0.3) is 11.1 Å². The second-order valence-electron chi connectivity index (χ2n) is 4.88. The highest BCUT2D eigenvalue weighted by atomic mass is 32.1. The van der Waals surface area contributed by atoms with Crippen LogP contribution in [-0.4, -0.2) is 21.2 Å². The molecule has 0 bridgehead atoms. The largest absolute Gasteiger partial charge is 0.419 e. The number of para-hydroxylation sites is 2. The van der Waals surface area contributed by atoms with Crippen molar-refractivity contribution in [3.8, 4) is 0 Å². The summed E-state index contributed by atoms with van der Waals surface area (Å²) in [5.41, 5.74) is 1.46. The van der Waals surface area contributed by atoms with Gasteiger partial charge in [0.15, 0.2) is 16.5 Å². The summed E-state index contributed by atoms with van der Waals surface area (Å²) in [6, 6.07) is 7.04. The lowest BCUT2D eigenvalue weighted by Gasteiger charge is -2.02. The molecule has 3 rings (SSSR count). The molecule has 0 aliphatic heterocycles. The molecule has 1 N–H and O–H groups in total. The number of ketones is 1. The first-order valence-electron chi connectivity index (χ1n) is 6.89. The first kappa shape index (κ1) is 15.2. The predicted molar refractivity (Wildman–Crippen MR) is 85.8 cm³/mol. The number of aryl methyl sites for hydroxylation is 1. The molecule has 1 amide bonds. The first-order valence-corrected chi connectivity index (χ1v) is 7.77. The van der Waals surface area contributed by atoms with Crippen molar-refractivity contribution in [3.05, 3.63) is 45.9 Å². The van der Waals surface area contributed by atoms with Gasteiger partial charge in [-0.3, -0.25) is 14.2 Å². The third-order valence-electron chi connectivity index (χ3n) is 3.25. The summed E-state index contributed by atoms with van der Waals surface area (Å²) in [5.74, 6) is -0.933. The van der Waals surface area contributed by atoms with Gasteiger partial charge < -0.3 is 9.73 Å². The number of nitrogens with zero attached hydrogens (tertiary/aromatic N) is 2. The lowest BCUT2D eigenvalue weighted by Crippen LogP contribution is -2.19. The normalized spacial score (nSPS) is 10.8. The van der Waals surface area contributed by atoms with Gasteiger partial charge >= 0.3 is 5.76 Å². The molecular formula is C15H13N3O4S. The molecule has 0 atom stereocenters. The van der Waals surface area contributed by atoms with Gasteiger partial charge in [0.1, 0.15) is 5.69 Å². The highest BCUT2D eigenvalue weighted by Crippen LogP contribution is 2.16. The third kappa shape index (κ3) is 3.21. The number of hydrogen-bond acceptors (Lipinski definition) is 6. The van der Waals surface area contributed by atoms with Gasteiger partial charge in [-0.2, -0.15) is 0 Å². The number of carbonyl (C=O) groups excluding carboxylic acids is 2. The Morgan fingerprint density at radius 2 is 2.13 bits per heavy atom. The van der Waals surface area contributed by atoms with E-state index in [4.69, 9.17) is 4.42 Å². The van der Waals surface area contributed by atoms with Gasteiger partial charge in [-0.05, 0) is 12.1 Å². The van der Waals surface area contributed by atoms with Crippen LogP contribution < -0.4 is 11.1 Å². The highest BCUT2D eigenvalue weighted by Gasteiger charge is 2.12. The average Bonchev–Trinajstić information content (AvgIpc) is 3.09. The van der Waals surface area contributed by atoms with Crippen molar-refractivity contribution < 1.29 is 14.0 Å². The molecule has 1 aromatic carbocycles. The van der Waals surface area contributed by atoms with Crippen molar-refractivity contribution in [3.63, 3.8) is 0 Å². The van der Waals surface area contributed by atoms with Crippen molar-refractivity contribution in [1.82, 2.24) is 9.55 Å². The Morgan fingerprint density at radius 1 is 1.35 bits per heavy atom.